The van der Waals surface area contributed by atoms with Gasteiger partial charge in [-0.2, -0.15) is 0 Å². The van der Waals surface area contributed by atoms with E-state index in [-0.39, 0.29) is 45.4 Å². The lowest BCUT2D eigenvalue weighted by atomic mass is 9.98. The Morgan fingerprint density at radius 2 is 1.50 bits per heavy atom. The molecule has 0 bridgehead atoms. The first-order valence-electron chi connectivity index (χ1n) is 9.83. The summed E-state index contributed by atoms with van der Waals surface area (Å²) in [6.45, 7) is 0.0474. The van der Waals surface area contributed by atoms with E-state index in [0.29, 0.717) is 0 Å². The molecule has 3 rings (SSSR count). The Labute approximate surface area is 174 Å². The second-order valence-electron chi connectivity index (χ2n) is 7.11. The highest BCUT2D eigenvalue weighted by Gasteiger charge is 2.30. The summed E-state index contributed by atoms with van der Waals surface area (Å²) in [6.07, 6.45) is -0.822. The zero-order valence-corrected chi connectivity index (χ0v) is 16.5. The summed E-state index contributed by atoms with van der Waals surface area (Å²) in [4.78, 5) is 25.4. The first-order chi connectivity index (χ1) is 14.5. The highest BCUT2D eigenvalue weighted by molar-refractivity contribution is 5.81. The van der Waals surface area contributed by atoms with Crippen molar-refractivity contribution in [2.24, 2.45) is 0 Å². The third-order valence-electron chi connectivity index (χ3n) is 5.21. The fourth-order valence-electron chi connectivity index (χ4n) is 3.80. The standard InChI is InChI=1S/C22H26N2O6/c25-11-9-24(10-12-26)13-20(21(27)28)23-22(29)30-14-19-17-7-3-1-5-15(17)16-6-2-4-8-18(16)19/h1-8,19-20,25-26H,9-14H2,(H,23,29)(H,27,28)/t20-/m1/s1. The summed E-state index contributed by atoms with van der Waals surface area (Å²) in [7, 11) is 0. The molecule has 0 spiro atoms. The number of benzene rings is 2. The lowest BCUT2D eigenvalue weighted by molar-refractivity contribution is -0.140. The molecular formula is C22H26N2O6. The number of nitrogens with zero attached hydrogens (tertiary/aromatic N) is 1. The topological polar surface area (TPSA) is 119 Å². The van der Waals surface area contributed by atoms with Gasteiger partial charge in [0.25, 0.3) is 0 Å². The van der Waals surface area contributed by atoms with Crippen molar-refractivity contribution in [3.63, 3.8) is 0 Å². The molecule has 8 nitrogen and oxygen atoms in total. The van der Waals surface area contributed by atoms with E-state index in [2.05, 4.69) is 5.32 Å². The van der Waals surface area contributed by atoms with Crippen LogP contribution in [0.1, 0.15) is 17.0 Å². The molecule has 2 aromatic rings. The number of aliphatic carboxylic acids is 1. The first kappa shape index (κ1) is 21.8. The van der Waals surface area contributed by atoms with Gasteiger partial charge in [-0.25, -0.2) is 9.59 Å². The molecule has 1 aliphatic rings. The van der Waals surface area contributed by atoms with Crippen LogP contribution in [-0.2, 0) is 9.53 Å². The maximum Gasteiger partial charge on any atom is 0.407 e. The summed E-state index contributed by atoms with van der Waals surface area (Å²) < 4.78 is 5.39. The average Bonchev–Trinajstić information content (AvgIpc) is 3.06. The smallest absolute Gasteiger partial charge is 0.407 e. The zero-order valence-electron chi connectivity index (χ0n) is 16.5. The van der Waals surface area contributed by atoms with Gasteiger partial charge in [0, 0.05) is 25.6 Å². The van der Waals surface area contributed by atoms with Gasteiger partial charge in [-0.3, -0.25) is 4.90 Å². The lowest BCUT2D eigenvalue weighted by Gasteiger charge is -2.24. The van der Waals surface area contributed by atoms with Crippen LogP contribution in [0.25, 0.3) is 11.1 Å². The molecule has 1 amide bonds. The number of aliphatic hydroxyl groups is 2. The maximum absolute atomic E-state index is 12.3. The Morgan fingerprint density at radius 1 is 0.967 bits per heavy atom. The Kier molecular flexibility index (Phi) is 7.40. The van der Waals surface area contributed by atoms with Crippen molar-refractivity contribution in [3.05, 3.63) is 59.7 Å². The predicted octanol–water partition coefficient (Wildman–Crippen LogP) is 1.26. The van der Waals surface area contributed by atoms with Crippen LogP contribution < -0.4 is 5.32 Å². The third-order valence-corrected chi connectivity index (χ3v) is 5.21. The molecule has 2 aromatic carbocycles. The second kappa shape index (κ2) is 10.2. The maximum atomic E-state index is 12.3. The number of alkyl carbamates (subject to hydrolysis) is 1. The van der Waals surface area contributed by atoms with E-state index in [1.807, 2.05) is 48.5 Å². The minimum absolute atomic E-state index is 0.0549. The van der Waals surface area contributed by atoms with Crippen molar-refractivity contribution >= 4 is 12.1 Å². The number of carboxylic acid groups (broad SMARTS) is 1. The van der Waals surface area contributed by atoms with Gasteiger partial charge in [0.1, 0.15) is 12.6 Å². The van der Waals surface area contributed by atoms with E-state index in [1.54, 1.807) is 4.90 Å². The van der Waals surface area contributed by atoms with Crippen molar-refractivity contribution in [2.45, 2.75) is 12.0 Å². The van der Waals surface area contributed by atoms with Gasteiger partial charge in [0.15, 0.2) is 0 Å². The fraction of sp³-hybridized carbons (Fsp3) is 0.364. The summed E-state index contributed by atoms with van der Waals surface area (Å²) in [5.74, 6) is -1.34. The quantitative estimate of drug-likeness (QED) is 0.462. The third kappa shape index (κ3) is 4.96. The van der Waals surface area contributed by atoms with E-state index in [9.17, 15) is 14.7 Å². The fourth-order valence-corrected chi connectivity index (χ4v) is 3.80. The molecule has 0 aliphatic heterocycles. The molecule has 8 heteroatoms. The number of ether oxygens (including phenoxy) is 1. The largest absolute Gasteiger partial charge is 0.480 e. The van der Waals surface area contributed by atoms with Gasteiger partial charge in [-0.1, -0.05) is 48.5 Å². The monoisotopic (exact) mass is 414 g/mol. The number of carboxylic acids is 1. The van der Waals surface area contributed by atoms with Gasteiger partial charge in [0.2, 0.25) is 0 Å². The Balaban J connectivity index is 1.64. The second-order valence-corrected chi connectivity index (χ2v) is 7.11. The van der Waals surface area contributed by atoms with E-state index >= 15 is 0 Å². The van der Waals surface area contributed by atoms with E-state index in [0.717, 1.165) is 22.3 Å². The molecule has 1 atom stereocenters. The van der Waals surface area contributed by atoms with Gasteiger partial charge < -0.3 is 25.4 Å². The summed E-state index contributed by atoms with van der Waals surface area (Å²) in [6, 6.07) is 14.7. The normalized spacial score (nSPS) is 13.6. The number of fused-ring (bicyclic) bond motifs is 3. The highest BCUT2D eigenvalue weighted by Crippen LogP contribution is 2.44. The van der Waals surface area contributed by atoms with Gasteiger partial charge >= 0.3 is 12.1 Å². The Hall–Kier alpha value is -2.94. The van der Waals surface area contributed by atoms with Crippen molar-refractivity contribution < 1.29 is 29.6 Å². The highest BCUT2D eigenvalue weighted by atomic mass is 16.5. The van der Waals surface area contributed by atoms with Gasteiger partial charge in [0.05, 0.1) is 13.2 Å². The van der Waals surface area contributed by atoms with E-state index in [4.69, 9.17) is 14.9 Å². The summed E-state index contributed by atoms with van der Waals surface area (Å²) in [5, 5.41) is 30.0. The van der Waals surface area contributed by atoms with Crippen LogP contribution in [0.5, 0.6) is 0 Å². The number of nitrogens with one attached hydrogen (secondary N) is 1. The first-order valence-corrected chi connectivity index (χ1v) is 9.83. The molecule has 0 saturated heterocycles. The molecule has 4 N–H and O–H groups in total. The number of rotatable bonds is 10. The minimum atomic E-state index is -1.22. The van der Waals surface area contributed by atoms with Crippen LogP contribution in [0.15, 0.2) is 48.5 Å². The number of hydrogen-bond acceptors (Lipinski definition) is 6. The number of aliphatic hydroxyl groups excluding tert-OH is 2. The number of carbonyl (C=O) groups excluding carboxylic acids is 1. The molecule has 30 heavy (non-hydrogen) atoms. The predicted molar refractivity (Wildman–Crippen MR) is 110 cm³/mol. The zero-order chi connectivity index (χ0) is 21.5. The van der Waals surface area contributed by atoms with Gasteiger partial charge in [-0.15, -0.1) is 0 Å². The van der Waals surface area contributed by atoms with E-state index in [1.165, 1.54) is 0 Å². The van der Waals surface area contributed by atoms with Crippen LogP contribution in [0, 0.1) is 0 Å². The van der Waals surface area contributed by atoms with Crippen LogP contribution in [-0.4, -0.2) is 77.8 Å². The lowest BCUT2D eigenvalue weighted by Crippen LogP contribution is -2.49. The molecule has 0 aromatic heterocycles. The molecule has 0 fully saturated rings. The molecule has 0 heterocycles. The molecule has 0 radical (unpaired) electrons. The number of carbonyl (C=O) groups is 2. The molecule has 1 aliphatic carbocycles. The summed E-state index contributed by atoms with van der Waals surface area (Å²) >= 11 is 0. The number of hydrogen-bond donors (Lipinski definition) is 4. The van der Waals surface area contributed by atoms with Gasteiger partial charge in [-0.05, 0) is 22.3 Å². The van der Waals surface area contributed by atoms with Crippen molar-refractivity contribution in [1.82, 2.24) is 10.2 Å². The van der Waals surface area contributed by atoms with Crippen LogP contribution in [0.2, 0.25) is 0 Å². The Bertz CT molecular complexity index is 836. The average molecular weight is 414 g/mol. The molecule has 0 unspecified atom stereocenters. The molecular weight excluding hydrogens is 388 g/mol. The van der Waals surface area contributed by atoms with Crippen LogP contribution >= 0.6 is 0 Å². The van der Waals surface area contributed by atoms with Crippen molar-refractivity contribution in [1.29, 1.82) is 0 Å². The van der Waals surface area contributed by atoms with Crippen LogP contribution in [0.4, 0.5) is 4.79 Å². The summed E-state index contributed by atoms with van der Waals surface area (Å²) in [5.41, 5.74) is 4.35. The molecule has 160 valence electrons. The SMILES string of the molecule is O=C(N[C@H](CN(CCO)CCO)C(=O)O)OCC1c2ccccc2-c2ccccc21. The van der Waals surface area contributed by atoms with Crippen LogP contribution in [0.3, 0.4) is 0 Å². The van der Waals surface area contributed by atoms with Crippen molar-refractivity contribution in [2.75, 3.05) is 39.5 Å². The molecule has 0 saturated carbocycles. The van der Waals surface area contributed by atoms with E-state index < -0.39 is 18.1 Å². The van der Waals surface area contributed by atoms with Crippen molar-refractivity contribution in [3.8, 4) is 11.1 Å². The minimum Gasteiger partial charge on any atom is -0.480 e. The number of amides is 1. The Morgan fingerprint density at radius 3 is 2.00 bits per heavy atom.